The standard InChI is InChI=1S/C23H18FNO3/c1-28-20-12-6-11-19(15-20)25-23(27)21(14-16-7-5-10-18(24)13-16)22(26)17-8-3-2-4-9-17/h2-15H,1H3,(H,25,27)/b21-14+. The van der Waals surface area contributed by atoms with Gasteiger partial charge in [-0.3, -0.25) is 9.59 Å². The molecule has 0 saturated heterocycles. The molecule has 0 spiro atoms. The number of rotatable bonds is 6. The lowest BCUT2D eigenvalue weighted by atomic mass is 10.00. The van der Waals surface area contributed by atoms with Gasteiger partial charge in [0.05, 0.1) is 12.7 Å². The highest BCUT2D eigenvalue weighted by atomic mass is 19.1. The summed E-state index contributed by atoms with van der Waals surface area (Å²) in [5.74, 6) is -0.923. The molecule has 3 aromatic rings. The van der Waals surface area contributed by atoms with E-state index in [1.165, 1.54) is 31.4 Å². The highest BCUT2D eigenvalue weighted by Gasteiger charge is 2.20. The molecule has 1 amide bonds. The SMILES string of the molecule is COc1cccc(NC(=O)/C(=C/c2cccc(F)c2)C(=O)c2ccccc2)c1. The highest BCUT2D eigenvalue weighted by molar-refractivity contribution is 6.31. The fraction of sp³-hybridized carbons (Fsp3) is 0.0435. The molecular weight excluding hydrogens is 357 g/mol. The first-order chi connectivity index (χ1) is 13.6. The molecule has 140 valence electrons. The van der Waals surface area contributed by atoms with Gasteiger partial charge < -0.3 is 10.1 Å². The molecule has 0 aliphatic rings. The third kappa shape index (κ3) is 4.71. The van der Waals surface area contributed by atoms with Gasteiger partial charge in [-0.15, -0.1) is 0 Å². The van der Waals surface area contributed by atoms with Crippen molar-refractivity contribution in [2.75, 3.05) is 12.4 Å². The summed E-state index contributed by atoms with van der Waals surface area (Å²) < 4.78 is 18.7. The monoisotopic (exact) mass is 375 g/mol. The average Bonchev–Trinajstić information content (AvgIpc) is 2.72. The Kier molecular flexibility index (Phi) is 5.97. The summed E-state index contributed by atoms with van der Waals surface area (Å²) in [5, 5.41) is 2.70. The number of ether oxygens (including phenoxy) is 1. The Balaban J connectivity index is 1.97. The van der Waals surface area contributed by atoms with Gasteiger partial charge in [-0.1, -0.05) is 48.5 Å². The maximum atomic E-state index is 13.5. The maximum absolute atomic E-state index is 13.5. The van der Waals surface area contributed by atoms with Crippen LogP contribution in [0.1, 0.15) is 15.9 Å². The summed E-state index contributed by atoms with van der Waals surface area (Å²) in [4.78, 5) is 25.8. The minimum Gasteiger partial charge on any atom is -0.497 e. The second-order valence-corrected chi connectivity index (χ2v) is 5.99. The number of hydrogen-bond donors (Lipinski definition) is 1. The molecule has 0 radical (unpaired) electrons. The van der Waals surface area contributed by atoms with Crippen LogP contribution in [-0.2, 0) is 4.79 Å². The van der Waals surface area contributed by atoms with Gasteiger partial charge in [-0.05, 0) is 35.9 Å². The molecule has 0 aliphatic carbocycles. The van der Waals surface area contributed by atoms with E-state index in [1.54, 1.807) is 60.7 Å². The van der Waals surface area contributed by atoms with E-state index in [4.69, 9.17) is 4.74 Å². The van der Waals surface area contributed by atoms with Crippen LogP contribution in [0.3, 0.4) is 0 Å². The van der Waals surface area contributed by atoms with E-state index in [0.29, 0.717) is 22.6 Å². The van der Waals surface area contributed by atoms with E-state index in [9.17, 15) is 14.0 Å². The smallest absolute Gasteiger partial charge is 0.259 e. The number of hydrogen-bond acceptors (Lipinski definition) is 3. The van der Waals surface area contributed by atoms with Gasteiger partial charge in [-0.2, -0.15) is 0 Å². The molecule has 5 heteroatoms. The summed E-state index contributed by atoms with van der Waals surface area (Å²) in [6.07, 6.45) is 1.38. The predicted octanol–water partition coefficient (Wildman–Crippen LogP) is 4.74. The number of carbonyl (C=O) groups is 2. The molecule has 4 nitrogen and oxygen atoms in total. The van der Waals surface area contributed by atoms with Crippen LogP contribution in [0.5, 0.6) is 5.75 Å². The van der Waals surface area contributed by atoms with Crippen LogP contribution in [-0.4, -0.2) is 18.8 Å². The van der Waals surface area contributed by atoms with Crippen molar-refractivity contribution in [2.24, 2.45) is 0 Å². The van der Waals surface area contributed by atoms with Crippen molar-refractivity contribution in [1.29, 1.82) is 0 Å². The second kappa shape index (κ2) is 8.77. The second-order valence-electron chi connectivity index (χ2n) is 5.99. The third-order valence-electron chi connectivity index (χ3n) is 4.01. The van der Waals surface area contributed by atoms with E-state index in [2.05, 4.69) is 5.32 Å². The molecule has 0 saturated carbocycles. The fourth-order valence-electron chi connectivity index (χ4n) is 2.64. The fourth-order valence-corrected chi connectivity index (χ4v) is 2.64. The Hall–Kier alpha value is -3.73. The molecule has 0 heterocycles. The first-order valence-electron chi connectivity index (χ1n) is 8.59. The van der Waals surface area contributed by atoms with E-state index in [-0.39, 0.29) is 5.57 Å². The molecule has 28 heavy (non-hydrogen) atoms. The van der Waals surface area contributed by atoms with Crippen molar-refractivity contribution in [3.63, 3.8) is 0 Å². The van der Waals surface area contributed by atoms with Crippen LogP contribution in [0, 0.1) is 5.82 Å². The van der Waals surface area contributed by atoms with Crippen LogP contribution in [0.15, 0.2) is 84.4 Å². The summed E-state index contributed by atoms with van der Waals surface area (Å²) in [6, 6.07) is 21.0. The Morgan fingerprint density at radius 3 is 2.39 bits per heavy atom. The number of benzene rings is 3. The van der Waals surface area contributed by atoms with Crippen LogP contribution in [0.2, 0.25) is 0 Å². The lowest BCUT2D eigenvalue weighted by Crippen LogP contribution is -2.20. The van der Waals surface area contributed by atoms with Crippen molar-refractivity contribution in [1.82, 2.24) is 0 Å². The number of ketones is 1. The van der Waals surface area contributed by atoms with Gasteiger partial charge in [0.1, 0.15) is 11.6 Å². The lowest BCUT2D eigenvalue weighted by molar-refractivity contribution is -0.112. The van der Waals surface area contributed by atoms with Gasteiger partial charge in [0.2, 0.25) is 0 Å². The van der Waals surface area contributed by atoms with Crippen LogP contribution in [0.4, 0.5) is 10.1 Å². The topological polar surface area (TPSA) is 55.4 Å². The number of nitrogens with one attached hydrogen (secondary N) is 1. The maximum Gasteiger partial charge on any atom is 0.259 e. The summed E-state index contributed by atoms with van der Waals surface area (Å²) in [7, 11) is 1.52. The van der Waals surface area contributed by atoms with Crippen molar-refractivity contribution in [3.05, 3.63) is 101 Å². The lowest BCUT2D eigenvalue weighted by Gasteiger charge is -2.10. The van der Waals surface area contributed by atoms with Crippen LogP contribution in [0.25, 0.3) is 6.08 Å². The molecule has 1 N–H and O–H groups in total. The molecule has 0 fully saturated rings. The predicted molar refractivity (Wildman–Crippen MR) is 107 cm³/mol. The quantitative estimate of drug-likeness (QED) is 0.293. The van der Waals surface area contributed by atoms with E-state index in [1.807, 2.05) is 0 Å². The van der Waals surface area contributed by atoms with Gasteiger partial charge in [0.15, 0.2) is 5.78 Å². The largest absolute Gasteiger partial charge is 0.497 e. The number of halogens is 1. The molecule has 3 aromatic carbocycles. The van der Waals surface area contributed by atoms with Crippen LogP contribution >= 0.6 is 0 Å². The highest BCUT2D eigenvalue weighted by Crippen LogP contribution is 2.20. The summed E-state index contributed by atoms with van der Waals surface area (Å²) in [6.45, 7) is 0. The number of carbonyl (C=O) groups excluding carboxylic acids is 2. The Morgan fingerprint density at radius 1 is 0.929 bits per heavy atom. The third-order valence-corrected chi connectivity index (χ3v) is 4.01. The minimum atomic E-state index is -0.591. The van der Waals surface area contributed by atoms with Gasteiger partial charge in [0, 0.05) is 17.3 Å². The van der Waals surface area contributed by atoms with Crippen molar-refractivity contribution in [3.8, 4) is 5.75 Å². The first kappa shape index (κ1) is 19.0. The Morgan fingerprint density at radius 2 is 1.68 bits per heavy atom. The number of Topliss-reactive ketones (excluding diaryl/α,β-unsaturated/α-hetero) is 1. The van der Waals surface area contributed by atoms with Crippen LogP contribution < -0.4 is 10.1 Å². The normalized spacial score (nSPS) is 11.0. The zero-order valence-electron chi connectivity index (χ0n) is 15.2. The van der Waals surface area contributed by atoms with Gasteiger partial charge in [0.25, 0.3) is 5.91 Å². The van der Waals surface area contributed by atoms with Crippen molar-refractivity contribution < 1.29 is 18.7 Å². The Labute approximate surface area is 162 Å². The molecule has 0 bridgehead atoms. The molecule has 0 aromatic heterocycles. The molecular formula is C23H18FNO3. The minimum absolute atomic E-state index is 0.0976. The van der Waals surface area contributed by atoms with Gasteiger partial charge in [-0.25, -0.2) is 4.39 Å². The molecule has 0 aliphatic heterocycles. The van der Waals surface area contributed by atoms with Crippen molar-refractivity contribution >= 4 is 23.5 Å². The molecule has 3 rings (SSSR count). The Bertz CT molecular complexity index is 1030. The van der Waals surface area contributed by atoms with E-state index < -0.39 is 17.5 Å². The zero-order valence-corrected chi connectivity index (χ0v) is 15.2. The number of amides is 1. The van der Waals surface area contributed by atoms with E-state index >= 15 is 0 Å². The zero-order chi connectivity index (χ0) is 19.9. The summed E-state index contributed by atoms with van der Waals surface area (Å²) >= 11 is 0. The van der Waals surface area contributed by atoms with E-state index in [0.717, 1.165) is 0 Å². The summed E-state index contributed by atoms with van der Waals surface area (Å²) in [5.41, 5.74) is 1.17. The number of methoxy groups -OCH3 is 1. The molecule has 0 unspecified atom stereocenters. The molecule has 0 atom stereocenters. The first-order valence-corrected chi connectivity index (χ1v) is 8.59. The number of anilines is 1. The van der Waals surface area contributed by atoms with Crippen molar-refractivity contribution in [2.45, 2.75) is 0 Å². The van der Waals surface area contributed by atoms with Gasteiger partial charge >= 0.3 is 0 Å². The average molecular weight is 375 g/mol.